The number of benzene rings is 2. The minimum atomic E-state index is 0.0563. The number of hydrogen-bond donors (Lipinski definition) is 1. The Labute approximate surface area is 163 Å². The molecule has 0 spiro atoms. The summed E-state index contributed by atoms with van der Waals surface area (Å²) in [6.45, 7) is 3.94. The molecule has 138 valence electrons. The zero-order valence-corrected chi connectivity index (χ0v) is 16.5. The fourth-order valence-corrected chi connectivity index (χ4v) is 4.02. The molecule has 0 saturated heterocycles. The molecule has 0 fully saturated rings. The fraction of sp³-hybridized carbons (Fsp3) is 0.350. The number of aryl methyl sites for hydroxylation is 1. The Bertz CT molecular complexity index is 734. The van der Waals surface area contributed by atoms with Crippen molar-refractivity contribution in [3.63, 3.8) is 0 Å². The average molecular weight is 390 g/mol. The number of hydrogen-bond acceptors (Lipinski definition) is 5. The van der Waals surface area contributed by atoms with E-state index in [2.05, 4.69) is 36.5 Å². The van der Waals surface area contributed by atoms with Gasteiger partial charge in [0.2, 0.25) is 5.91 Å². The number of carbonyl (C=O) groups excluding carboxylic acids is 1. The van der Waals surface area contributed by atoms with E-state index in [0.717, 1.165) is 27.9 Å². The van der Waals surface area contributed by atoms with Crippen molar-refractivity contribution < 1.29 is 14.3 Å². The van der Waals surface area contributed by atoms with Crippen LogP contribution in [0.1, 0.15) is 11.1 Å². The third-order valence-electron chi connectivity index (χ3n) is 3.84. The lowest BCUT2D eigenvalue weighted by Crippen LogP contribution is -2.27. The molecule has 0 radical (unpaired) electrons. The topological polar surface area (TPSA) is 47.6 Å². The summed E-state index contributed by atoms with van der Waals surface area (Å²) in [6.07, 6.45) is 0. The highest BCUT2D eigenvalue weighted by atomic mass is 32.2. The first-order valence-corrected chi connectivity index (χ1v) is 10.8. The van der Waals surface area contributed by atoms with E-state index >= 15 is 0 Å². The molecule has 0 unspecified atom stereocenters. The lowest BCUT2D eigenvalue weighted by atomic mass is 10.2. The number of fused-ring (bicyclic) bond motifs is 1. The lowest BCUT2D eigenvalue weighted by Gasteiger charge is -2.18. The standard InChI is InChI=1S/C20H23NO3S2/c1-15-2-4-16(5-3-15)13-25-11-8-21-20(22)14-26-17-6-7-18-19(12-17)24-10-9-23-18/h2-7,12H,8-11,13-14H2,1H3,(H,21,22). The molecule has 2 aromatic rings. The molecule has 1 aliphatic rings. The molecule has 4 nitrogen and oxygen atoms in total. The van der Waals surface area contributed by atoms with E-state index in [0.29, 0.717) is 25.5 Å². The monoisotopic (exact) mass is 389 g/mol. The van der Waals surface area contributed by atoms with Gasteiger partial charge in [0.25, 0.3) is 0 Å². The van der Waals surface area contributed by atoms with Gasteiger partial charge in [-0.25, -0.2) is 0 Å². The first kappa shape index (κ1) is 19.0. The number of nitrogens with one attached hydrogen (secondary N) is 1. The fourth-order valence-electron chi connectivity index (χ4n) is 2.45. The normalized spacial score (nSPS) is 12.7. The van der Waals surface area contributed by atoms with Gasteiger partial charge in [-0.1, -0.05) is 29.8 Å². The van der Waals surface area contributed by atoms with Gasteiger partial charge in [-0.3, -0.25) is 4.79 Å². The van der Waals surface area contributed by atoms with Gasteiger partial charge in [-0.15, -0.1) is 11.8 Å². The maximum Gasteiger partial charge on any atom is 0.230 e. The molecule has 0 bridgehead atoms. The van der Waals surface area contributed by atoms with E-state index in [4.69, 9.17) is 9.47 Å². The van der Waals surface area contributed by atoms with Crippen LogP contribution in [0.15, 0.2) is 47.4 Å². The van der Waals surface area contributed by atoms with Gasteiger partial charge in [0.05, 0.1) is 5.75 Å². The van der Waals surface area contributed by atoms with Crippen molar-refractivity contribution in [1.29, 1.82) is 0 Å². The molecular weight excluding hydrogens is 366 g/mol. The van der Waals surface area contributed by atoms with Crippen molar-refractivity contribution in [2.45, 2.75) is 17.6 Å². The van der Waals surface area contributed by atoms with Gasteiger partial charge >= 0.3 is 0 Å². The first-order valence-electron chi connectivity index (χ1n) is 8.63. The van der Waals surface area contributed by atoms with Crippen LogP contribution in [-0.2, 0) is 10.5 Å². The van der Waals surface area contributed by atoms with Crippen LogP contribution in [-0.4, -0.2) is 37.2 Å². The maximum atomic E-state index is 12.0. The minimum absolute atomic E-state index is 0.0563. The van der Waals surface area contributed by atoms with Gasteiger partial charge < -0.3 is 14.8 Å². The number of ether oxygens (including phenoxy) is 2. The van der Waals surface area contributed by atoms with Gasteiger partial charge in [-0.05, 0) is 30.7 Å². The molecule has 0 aliphatic carbocycles. The highest BCUT2D eigenvalue weighted by Gasteiger charge is 2.12. The Morgan fingerprint density at radius 2 is 1.85 bits per heavy atom. The van der Waals surface area contributed by atoms with E-state index in [-0.39, 0.29) is 5.91 Å². The highest BCUT2D eigenvalue weighted by Crippen LogP contribution is 2.34. The number of amides is 1. The van der Waals surface area contributed by atoms with Gasteiger partial charge in [0.15, 0.2) is 11.5 Å². The van der Waals surface area contributed by atoms with Crippen molar-refractivity contribution >= 4 is 29.4 Å². The predicted octanol–water partition coefficient (Wildman–Crippen LogP) is 3.91. The molecule has 1 aliphatic heterocycles. The van der Waals surface area contributed by atoms with E-state index in [9.17, 15) is 4.79 Å². The number of thioether (sulfide) groups is 2. The maximum absolute atomic E-state index is 12.0. The summed E-state index contributed by atoms with van der Waals surface area (Å²) in [5.41, 5.74) is 2.60. The lowest BCUT2D eigenvalue weighted by molar-refractivity contribution is -0.118. The summed E-state index contributed by atoms with van der Waals surface area (Å²) in [5, 5.41) is 2.97. The van der Waals surface area contributed by atoms with Gasteiger partial charge in [-0.2, -0.15) is 11.8 Å². The van der Waals surface area contributed by atoms with Crippen LogP contribution in [0, 0.1) is 6.92 Å². The van der Waals surface area contributed by atoms with Crippen LogP contribution >= 0.6 is 23.5 Å². The van der Waals surface area contributed by atoms with Crippen molar-refractivity contribution in [3.05, 3.63) is 53.6 Å². The van der Waals surface area contributed by atoms with E-state index in [1.54, 1.807) is 0 Å². The van der Waals surface area contributed by atoms with E-state index in [1.807, 2.05) is 30.0 Å². The third-order valence-corrected chi connectivity index (χ3v) is 5.87. The van der Waals surface area contributed by atoms with Gasteiger partial charge in [0.1, 0.15) is 13.2 Å². The first-order chi connectivity index (χ1) is 12.7. The van der Waals surface area contributed by atoms with Crippen molar-refractivity contribution in [2.24, 2.45) is 0 Å². The summed E-state index contributed by atoms with van der Waals surface area (Å²) < 4.78 is 11.1. The Morgan fingerprint density at radius 3 is 2.65 bits per heavy atom. The molecule has 0 aromatic heterocycles. The second-order valence-corrected chi connectivity index (χ2v) is 8.14. The highest BCUT2D eigenvalue weighted by molar-refractivity contribution is 8.00. The smallest absolute Gasteiger partial charge is 0.230 e. The molecule has 0 atom stereocenters. The third kappa shape index (κ3) is 5.88. The summed E-state index contributed by atoms with van der Waals surface area (Å²) in [4.78, 5) is 13.0. The van der Waals surface area contributed by atoms with Crippen LogP contribution in [0.5, 0.6) is 11.5 Å². The SMILES string of the molecule is Cc1ccc(CSCCNC(=O)CSc2ccc3c(c2)OCCO3)cc1. The van der Waals surface area contributed by atoms with Crippen LogP contribution < -0.4 is 14.8 Å². The van der Waals surface area contributed by atoms with Crippen molar-refractivity contribution in [2.75, 3.05) is 31.3 Å². The van der Waals surface area contributed by atoms with Crippen LogP contribution in [0.3, 0.4) is 0 Å². The Morgan fingerprint density at radius 1 is 1.08 bits per heavy atom. The molecular formula is C20H23NO3S2. The largest absolute Gasteiger partial charge is 0.486 e. The second kappa shape index (κ2) is 9.78. The Kier molecular flexibility index (Phi) is 7.14. The Balaban J connectivity index is 1.31. The summed E-state index contributed by atoms with van der Waals surface area (Å²) in [6, 6.07) is 14.4. The molecule has 6 heteroatoms. The van der Waals surface area contributed by atoms with Crippen LogP contribution in [0.2, 0.25) is 0 Å². The van der Waals surface area contributed by atoms with Gasteiger partial charge in [0, 0.05) is 22.9 Å². The molecule has 26 heavy (non-hydrogen) atoms. The quantitative estimate of drug-likeness (QED) is 0.548. The number of carbonyl (C=O) groups is 1. The Hall–Kier alpha value is -1.79. The zero-order chi connectivity index (χ0) is 18.2. The van der Waals surface area contributed by atoms with Crippen molar-refractivity contribution in [1.82, 2.24) is 5.32 Å². The number of rotatable bonds is 8. The summed E-state index contributed by atoms with van der Waals surface area (Å²) in [7, 11) is 0. The predicted molar refractivity (Wildman–Crippen MR) is 109 cm³/mol. The zero-order valence-electron chi connectivity index (χ0n) is 14.8. The molecule has 0 saturated carbocycles. The molecule has 1 amide bonds. The average Bonchev–Trinajstić information content (AvgIpc) is 2.67. The second-order valence-electron chi connectivity index (χ2n) is 5.98. The van der Waals surface area contributed by atoms with Crippen LogP contribution in [0.25, 0.3) is 0 Å². The van der Waals surface area contributed by atoms with Crippen molar-refractivity contribution in [3.8, 4) is 11.5 Å². The molecule has 3 rings (SSSR count). The summed E-state index contributed by atoms with van der Waals surface area (Å²) in [5.74, 6) is 3.88. The summed E-state index contributed by atoms with van der Waals surface area (Å²) >= 11 is 3.34. The van der Waals surface area contributed by atoms with E-state index < -0.39 is 0 Å². The van der Waals surface area contributed by atoms with Crippen LogP contribution in [0.4, 0.5) is 0 Å². The van der Waals surface area contributed by atoms with E-state index in [1.165, 1.54) is 22.9 Å². The molecule has 1 heterocycles. The minimum Gasteiger partial charge on any atom is -0.486 e. The molecule has 1 N–H and O–H groups in total. The molecule has 2 aromatic carbocycles.